The summed E-state index contributed by atoms with van der Waals surface area (Å²) >= 11 is 3.96. The third-order valence-electron chi connectivity index (χ3n) is 5.80. The van der Waals surface area contributed by atoms with Gasteiger partial charge < -0.3 is 31.8 Å². The molecular weight excluding hydrogens is 470 g/mol. The predicted octanol–water partition coefficient (Wildman–Crippen LogP) is 0.819. The van der Waals surface area contributed by atoms with Gasteiger partial charge in [-0.3, -0.25) is 14.4 Å². The zero-order chi connectivity index (χ0) is 26.3. The number of nitrogens with two attached hydrogens (primary N) is 1. The minimum Gasteiger partial charge on any atom is -0.480 e. The summed E-state index contributed by atoms with van der Waals surface area (Å²) in [6.07, 6.45) is 1.93. The van der Waals surface area contributed by atoms with Crippen LogP contribution in [0.25, 0.3) is 10.9 Å². The smallest absolute Gasteiger partial charge is 0.327 e. The maximum atomic E-state index is 13.4. The Morgan fingerprint density at radius 1 is 0.943 bits per heavy atom. The number of benzene rings is 1. The lowest BCUT2D eigenvalue weighted by Gasteiger charge is -2.27. The van der Waals surface area contributed by atoms with Crippen LogP contribution in [0.2, 0.25) is 0 Å². The summed E-state index contributed by atoms with van der Waals surface area (Å²) in [5.41, 5.74) is 7.69. The molecule has 0 fully saturated rings. The van der Waals surface area contributed by atoms with Gasteiger partial charge in [0, 0.05) is 29.3 Å². The first-order valence-electron chi connectivity index (χ1n) is 11.5. The SMILES string of the molecule is CC(C)C(N)C(=O)NC(Cc1c[nH]c2ccccc12)C(=O)NC(C(=O)NC(CS)C(=O)O)C(C)C. The zero-order valence-electron chi connectivity index (χ0n) is 20.4. The molecule has 2 rings (SSSR count). The number of rotatable bonds is 12. The number of para-hydroxylation sites is 1. The van der Waals surface area contributed by atoms with Crippen molar-refractivity contribution in [3.8, 4) is 0 Å². The van der Waals surface area contributed by atoms with E-state index >= 15 is 0 Å². The second-order valence-corrected chi connectivity index (χ2v) is 9.57. The molecule has 0 aliphatic heterocycles. The van der Waals surface area contributed by atoms with Crippen molar-refractivity contribution < 1.29 is 24.3 Å². The van der Waals surface area contributed by atoms with E-state index < -0.39 is 47.9 Å². The summed E-state index contributed by atoms with van der Waals surface area (Å²) in [4.78, 5) is 53.3. The van der Waals surface area contributed by atoms with Gasteiger partial charge in [-0.05, 0) is 23.5 Å². The molecule has 0 saturated carbocycles. The van der Waals surface area contributed by atoms with Gasteiger partial charge in [0.25, 0.3) is 0 Å². The van der Waals surface area contributed by atoms with Gasteiger partial charge in [-0.15, -0.1) is 0 Å². The number of carboxylic acid groups (broad SMARTS) is 1. The van der Waals surface area contributed by atoms with E-state index in [0.29, 0.717) is 0 Å². The number of nitrogens with one attached hydrogen (secondary N) is 4. The van der Waals surface area contributed by atoms with Crippen LogP contribution < -0.4 is 21.7 Å². The molecule has 35 heavy (non-hydrogen) atoms. The van der Waals surface area contributed by atoms with E-state index in [2.05, 4.69) is 33.6 Å². The van der Waals surface area contributed by atoms with Crippen LogP contribution in [0.15, 0.2) is 30.5 Å². The highest BCUT2D eigenvalue weighted by Gasteiger charge is 2.32. The van der Waals surface area contributed by atoms with Gasteiger partial charge in [0.15, 0.2) is 0 Å². The maximum absolute atomic E-state index is 13.4. The Hall–Kier alpha value is -3.05. The lowest BCUT2D eigenvalue weighted by molar-refractivity contribution is -0.142. The number of fused-ring (bicyclic) bond motifs is 1. The van der Waals surface area contributed by atoms with Crippen molar-refractivity contribution in [2.24, 2.45) is 17.6 Å². The Morgan fingerprint density at radius 3 is 2.14 bits per heavy atom. The topological polar surface area (TPSA) is 166 Å². The van der Waals surface area contributed by atoms with E-state index in [0.717, 1.165) is 16.5 Å². The molecule has 0 saturated heterocycles. The average Bonchev–Trinajstić information content (AvgIpc) is 3.21. The first kappa shape index (κ1) is 28.2. The number of aromatic amines is 1. The molecular formula is C24H35N5O5S. The number of amides is 3. The fourth-order valence-corrected chi connectivity index (χ4v) is 3.78. The predicted molar refractivity (Wildman–Crippen MR) is 137 cm³/mol. The van der Waals surface area contributed by atoms with Crippen LogP contribution in [0.5, 0.6) is 0 Å². The van der Waals surface area contributed by atoms with Gasteiger partial charge in [-0.1, -0.05) is 45.9 Å². The number of carboxylic acids is 1. The van der Waals surface area contributed by atoms with Crippen molar-refractivity contribution in [2.75, 3.05) is 5.75 Å². The number of thiol groups is 1. The Kier molecular flexibility index (Phi) is 10.1. The Morgan fingerprint density at radius 2 is 1.57 bits per heavy atom. The average molecular weight is 506 g/mol. The molecule has 7 N–H and O–H groups in total. The number of aliphatic carboxylic acids is 1. The molecule has 2 aromatic rings. The number of H-pyrrole nitrogens is 1. The van der Waals surface area contributed by atoms with Crippen LogP contribution >= 0.6 is 12.6 Å². The van der Waals surface area contributed by atoms with Gasteiger partial charge in [-0.2, -0.15) is 12.6 Å². The highest BCUT2D eigenvalue weighted by Crippen LogP contribution is 2.19. The summed E-state index contributed by atoms with van der Waals surface area (Å²) in [5, 5.41) is 17.9. The molecule has 10 nitrogen and oxygen atoms in total. The summed E-state index contributed by atoms with van der Waals surface area (Å²) in [6, 6.07) is 3.52. The lowest BCUT2D eigenvalue weighted by Crippen LogP contribution is -2.59. The molecule has 0 radical (unpaired) electrons. The summed E-state index contributed by atoms with van der Waals surface area (Å²) in [6.45, 7) is 7.06. The summed E-state index contributed by atoms with van der Waals surface area (Å²) in [7, 11) is 0. The van der Waals surface area contributed by atoms with Crippen molar-refractivity contribution in [2.45, 2.75) is 58.3 Å². The van der Waals surface area contributed by atoms with Gasteiger partial charge in [0.05, 0.1) is 6.04 Å². The second-order valence-electron chi connectivity index (χ2n) is 9.21. The van der Waals surface area contributed by atoms with Gasteiger partial charge in [-0.25, -0.2) is 4.79 Å². The van der Waals surface area contributed by atoms with Crippen molar-refractivity contribution in [1.82, 2.24) is 20.9 Å². The third-order valence-corrected chi connectivity index (χ3v) is 6.16. The monoisotopic (exact) mass is 505 g/mol. The second kappa shape index (κ2) is 12.6. The van der Waals surface area contributed by atoms with Crippen molar-refractivity contribution in [3.63, 3.8) is 0 Å². The minimum absolute atomic E-state index is 0.105. The number of carbonyl (C=O) groups is 4. The van der Waals surface area contributed by atoms with Crippen LogP contribution in [-0.4, -0.2) is 63.7 Å². The van der Waals surface area contributed by atoms with Crippen LogP contribution in [-0.2, 0) is 25.6 Å². The van der Waals surface area contributed by atoms with Gasteiger partial charge in [0.2, 0.25) is 17.7 Å². The van der Waals surface area contributed by atoms with Crippen molar-refractivity contribution >= 4 is 47.2 Å². The number of aromatic nitrogens is 1. The van der Waals surface area contributed by atoms with E-state index in [-0.39, 0.29) is 24.0 Å². The molecule has 3 amide bonds. The number of hydrogen-bond acceptors (Lipinski definition) is 6. The van der Waals surface area contributed by atoms with E-state index in [4.69, 9.17) is 5.73 Å². The third kappa shape index (κ3) is 7.46. The largest absolute Gasteiger partial charge is 0.480 e. The summed E-state index contributed by atoms with van der Waals surface area (Å²) < 4.78 is 0. The van der Waals surface area contributed by atoms with Crippen molar-refractivity contribution in [3.05, 3.63) is 36.0 Å². The van der Waals surface area contributed by atoms with Crippen LogP contribution in [0, 0.1) is 11.8 Å². The van der Waals surface area contributed by atoms with E-state index in [1.165, 1.54) is 0 Å². The summed E-state index contributed by atoms with van der Waals surface area (Å²) in [5.74, 6) is -3.53. The zero-order valence-corrected chi connectivity index (χ0v) is 21.3. The van der Waals surface area contributed by atoms with Crippen LogP contribution in [0.1, 0.15) is 33.3 Å². The first-order chi connectivity index (χ1) is 16.5. The first-order valence-corrected chi connectivity index (χ1v) is 12.1. The minimum atomic E-state index is -1.23. The molecule has 0 bridgehead atoms. The Balaban J connectivity index is 2.29. The highest BCUT2D eigenvalue weighted by molar-refractivity contribution is 7.80. The standard InChI is InChI=1S/C24H35N5O5S/c1-12(2)19(25)22(31)27-17(9-14-10-26-16-8-6-5-7-15(14)16)21(30)29-20(13(3)4)23(32)28-18(11-35)24(33)34/h5-8,10,12-13,17-20,26,35H,9,11,25H2,1-4H3,(H,27,31)(H,28,32)(H,29,30)(H,33,34). The number of hydrogen-bond donors (Lipinski definition) is 7. The fraction of sp³-hybridized carbons (Fsp3) is 0.500. The molecule has 0 aliphatic rings. The molecule has 11 heteroatoms. The van der Waals surface area contributed by atoms with E-state index in [1.54, 1.807) is 33.9 Å². The Bertz CT molecular complexity index is 1050. The maximum Gasteiger partial charge on any atom is 0.327 e. The molecule has 4 atom stereocenters. The quantitative estimate of drug-likeness (QED) is 0.211. The highest BCUT2D eigenvalue weighted by atomic mass is 32.1. The molecule has 1 heterocycles. The molecule has 0 aliphatic carbocycles. The Labute approximate surface area is 210 Å². The van der Waals surface area contributed by atoms with E-state index in [1.807, 2.05) is 24.3 Å². The normalized spacial score (nSPS) is 14.9. The fourth-order valence-electron chi connectivity index (χ4n) is 3.54. The lowest BCUT2D eigenvalue weighted by atomic mass is 9.99. The molecule has 4 unspecified atom stereocenters. The van der Waals surface area contributed by atoms with E-state index in [9.17, 15) is 24.3 Å². The number of carbonyl (C=O) groups excluding carboxylic acids is 3. The molecule has 1 aromatic carbocycles. The van der Waals surface area contributed by atoms with Crippen molar-refractivity contribution in [1.29, 1.82) is 0 Å². The van der Waals surface area contributed by atoms with Crippen LogP contribution in [0.4, 0.5) is 0 Å². The molecule has 0 spiro atoms. The van der Waals surface area contributed by atoms with Gasteiger partial charge in [0.1, 0.15) is 18.1 Å². The van der Waals surface area contributed by atoms with Crippen LogP contribution in [0.3, 0.4) is 0 Å². The molecule has 1 aromatic heterocycles. The van der Waals surface area contributed by atoms with Gasteiger partial charge >= 0.3 is 5.97 Å². The molecule has 192 valence electrons.